The number of allylic oxidation sites excluding steroid dienone is 3. The highest BCUT2D eigenvalue weighted by Gasteiger charge is 2.50. The van der Waals surface area contributed by atoms with Crippen molar-refractivity contribution in [2.75, 3.05) is 5.32 Å². The number of anilines is 1. The van der Waals surface area contributed by atoms with Crippen molar-refractivity contribution in [3.63, 3.8) is 0 Å². The molecule has 0 heterocycles. The van der Waals surface area contributed by atoms with Gasteiger partial charge in [0.2, 0.25) is 5.91 Å². The van der Waals surface area contributed by atoms with Gasteiger partial charge in [0, 0.05) is 17.0 Å². The van der Waals surface area contributed by atoms with Gasteiger partial charge in [-0.2, -0.15) is 0 Å². The van der Waals surface area contributed by atoms with Crippen molar-refractivity contribution >= 4 is 11.6 Å². The van der Waals surface area contributed by atoms with Gasteiger partial charge in [-0.1, -0.05) is 36.4 Å². The van der Waals surface area contributed by atoms with Crippen LogP contribution in [0.4, 0.5) is 5.69 Å². The van der Waals surface area contributed by atoms with Crippen molar-refractivity contribution < 1.29 is 4.79 Å². The molecule has 0 spiro atoms. The lowest BCUT2D eigenvalue weighted by molar-refractivity contribution is -0.122. The molecule has 1 aromatic carbocycles. The summed E-state index contributed by atoms with van der Waals surface area (Å²) in [5.74, 6) is 0.812. The van der Waals surface area contributed by atoms with Crippen LogP contribution in [0.3, 0.4) is 0 Å². The van der Waals surface area contributed by atoms with E-state index in [-0.39, 0.29) is 17.2 Å². The van der Waals surface area contributed by atoms with Crippen molar-refractivity contribution in [1.82, 2.24) is 0 Å². The first-order valence-electron chi connectivity index (χ1n) is 6.90. The van der Waals surface area contributed by atoms with Crippen LogP contribution < -0.4 is 5.32 Å². The van der Waals surface area contributed by atoms with Gasteiger partial charge in [0.1, 0.15) is 0 Å². The molecule has 19 heavy (non-hydrogen) atoms. The Labute approximate surface area is 114 Å². The lowest BCUT2D eigenvalue weighted by atomic mass is 9.75. The molecule has 3 rings (SSSR count). The van der Waals surface area contributed by atoms with E-state index < -0.39 is 0 Å². The molecule has 0 aliphatic heterocycles. The van der Waals surface area contributed by atoms with Crippen molar-refractivity contribution in [1.29, 1.82) is 0 Å². The minimum absolute atomic E-state index is 0.0191. The lowest BCUT2D eigenvalue weighted by Crippen LogP contribution is -2.33. The molecule has 2 aliphatic carbocycles. The minimum atomic E-state index is 0.0191. The molecule has 2 heteroatoms. The maximum atomic E-state index is 12.5. The summed E-state index contributed by atoms with van der Waals surface area (Å²) in [5.41, 5.74) is 0.902. The van der Waals surface area contributed by atoms with Crippen molar-refractivity contribution in [3.8, 4) is 0 Å². The van der Waals surface area contributed by atoms with Gasteiger partial charge >= 0.3 is 0 Å². The summed E-state index contributed by atoms with van der Waals surface area (Å²) in [4.78, 5) is 12.5. The Hall–Kier alpha value is -1.83. The Balaban J connectivity index is 1.77. The Bertz CT molecular complexity index is 519. The Kier molecular flexibility index (Phi) is 3.02. The Morgan fingerprint density at radius 3 is 2.89 bits per heavy atom. The number of carbonyl (C=O) groups is 1. The van der Waals surface area contributed by atoms with Crippen molar-refractivity contribution in [3.05, 3.63) is 55.1 Å². The molecule has 2 aliphatic rings. The van der Waals surface area contributed by atoms with Gasteiger partial charge in [-0.15, -0.1) is 6.58 Å². The first-order chi connectivity index (χ1) is 9.23. The molecule has 0 aromatic heterocycles. The zero-order chi connectivity index (χ0) is 13.3. The smallest absolute Gasteiger partial charge is 0.228 e. The van der Waals surface area contributed by atoms with Crippen LogP contribution in [0.15, 0.2) is 55.1 Å². The minimum Gasteiger partial charge on any atom is -0.326 e. The molecule has 1 saturated carbocycles. The largest absolute Gasteiger partial charge is 0.326 e. The van der Waals surface area contributed by atoms with E-state index in [0.717, 1.165) is 24.9 Å². The summed E-state index contributed by atoms with van der Waals surface area (Å²) in [6.45, 7) is 3.85. The van der Waals surface area contributed by atoms with E-state index in [0.29, 0.717) is 5.92 Å². The van der Waals surface area contributed by atoms with E-state index in [1.807, 2.05) is 36.4 Å². The molecule has 3 unspecified atom stereocenters. The number of para-hydroxylation sites is 1. The molecule has 98 valence electrons. The second-order valence-electron chi connectivity index (χ2n) is 5.69. The third kappa shape index (κ3) is 2.12. The average molecular weight is 253 g/mol. The average Bonchev–Trinajstić information content (AvgIpc) is 2.97. The summed E-state index contributed by atoms with van der Waals surface area (Å²) < 4.78 is 0. The van der Waals surface area contributed by atoms with E-state index in [1.54, 1.807) is 0 Å². The molecule has 3 atom stereocenters. The highest BCUT2D eigenvalue weighted by Crippen LogP contribution is 2.55. The number of amides is 1. The molecular formula is C17H19NO. The van der Waals surface area contributed by atoms with Crippen LogP contribution in [0.1, 0.15) is 19.3 Å². The fraction of sp³-hybridized carbons (Fsp3) is 0.353. The Morgan fingerprint density at radius 2 is 2.21 bits per heavy atom. The van der Waals surface area contributed by atoms with E-state index in [4.69, 9.17) is 0 Å². The van der Waals surface area contributed by atoms with Crippen LogP contribution in [0.5, 0.6) is 0 Å². The fourth-order valence-electron chi connectivity index (χ4n) is 3.59. The van der Waals surface area contributed by atoms with Crippen molar-refractivity contribution in [2.45, 2.75) is 19.3 Å². The molecule has 1 N–H and O–H groups in total. The molecule has 0 radical (unpaired) electrons. The third-order valence-corrected chi connectivity index (χ3v) is 4.46. The Morgan fingerprint density at radius 1 is 1.42 bits per heavy atom. The van der Waals surface area contributed by atoms with Crippen LogP contribution in [-0.2, 0) is 4.79 Å². The van der Waals surface area contributed by atoms with Gasteiger partial charge in [-0.3, -0.25) is 4.79 Å². The van der Waals surface area contributed by atoms with E-state index >= 15 is 0 Å². The zero-order valence-corrected chi connectivity index (χ0v) is 11.0. The van der Waals surface area contributed by atoms with E-state index in [2.05, 4.69) is 24.0 Å². The van der Waals surface area contributed by atoms with Gasteiger partial charge in [0.25, 0.3) is 0 Å². The fourth-order valence-corrected chi connectivity index (χ4v) is 3.59. The topological polar surface area (TPSA) is 29.1 Å². The summed E-state index contributed by atoms with van der Waals surface area (Å²) in [6.07, 6.45) is 9.44. The summed E-state index contributed by atoms with van der Waals surface area (Å²) in [5, 5.41) is 3.04. The summed E-state index contributed by atoms with van der Waals surface area (Å²) in [7, 11) is 0. The predicted molar refractivity (Wildman–Crippen MR) is 77.7 cm³/mol. The van der Waals surface area contributed by atoms with Gasteiger partial charge in [0.05, 0.1) is 0 Å². The molecular weight excluding hydrogens is 234 g/mol. The van der Waals surface area contributed by atoms with Crippen LogP contribution in [0, 0.1) is 17.3 Å². The third-order valence-electron chi connectivity index (χ3n) is 4.46. The quantitative estimate of drug-likeness (QED) is 0.813. The second kappa shape index (κ2) is 4.69. The molecule has 1 fully saturated rings. The molecule has 2 nitrogen and oxygen atoms in total. The van der Waals surface area contributed by atoms with Gasteiger partial charge in [-0.05, 0) is 37.3 Å². The summed E-state index contributed by atoms with van der Waals surface area (Å²) >= 11 is 0. The maximum absolute atomic E-state index is 12.5. The first-order valence-corrected chi connectivity index (χ1v) is 6.90. The lowest BCUT2D eigenvalue weighted by Gasteiger charge is -2.30. The monoisotopic (exact) mass is 253 g/mol. The standard InChI is InChI=1S/C17H19NO/c1-2-9-17-10-8-13(12-17)11-15(17)16(19)18-14-6-4-3-5-7-14/h2-8,10,13,15H,1,9,11-12H2,(H,18,19). The molecule has 0 saturated heterocycles. The van der Waals surface area contributed by atoms with Gasteiger partial charge in [0.15, 0.2) is 0 Å². The second-order valence-corrected chi connectivity index (χ2v) is 5.69. The van der Waals surface area contributed by atoms with Crippen molar-refractivity contribution in [2.24, 2.45) is 17.3 Å². The van der Waals surface area contributed by atoms with Crippen LogP contribution in [-0.4, -0.2) is 5.91 Å². The van der Waals surface area contributed by atoms with E-state index in [9.17, 15) is 4.79 Å². The number of hydrogen-bond donors (Lipinski definition) is 1. The predicted octanol–water partition coefficient (Wildman–Crippen LogP) is 3.78. The summed E-state index contributed by atoms with van der Waals surface area (Å²) in [6, 6.07) is 9.70. The van der Waals surface area contributed by atoms with Crippen LogP contribution in [0.25, 0.3) is 0 Å². The molecule has 2 bridgehead atoms. The number of benzene rings is 1. The van der Waals surface area contributed by atoms with Gasteiger partial charge < -0.3 is 5.32 Å². The number of fused-ring (bicyclic) bond motifs is 2. The maximum Gasteiger partial charge on any atom is 0.228 e. The number of hydrogen-bond acceptors (Lipinski definition) is 1. The SMILES string of the molecule is C=CCC12C=CC(CC1C(=O)Nc1ccccc1)C2. The van der Waals surface area contributed by atoms with Crippen LogP contribution >= 0.6 is 0 Å². The molecule has 1 amide bonds. The number of rotatable bonds is 4. The normalized spacial score (nSPS) is 31.4. The van der Waals surface area contributed by atoms with E-state index in [1.165, 1.54) is 0 Å². The molecule has 1 aromatic rings. The highest BCUT2D eigenvalue weighted by molar-refractivity contribution is 5.93. The number of carbonyl (C=O) groups excluding carboxylic acids is 1. The van der Waals surface area contributed by atoms with Gasteiger partial charge in [-0.25, -0.2) is 0 Å². The number of nitrogens with one attached hydrogen (secondary N) is 1. The van der Waals surface area contributed by atoms with Crippen LogP contribution in [0.2, 0.25) is 0 Å². The highest BCUT2D eigenvalue weighted by atomic mass is 16.1. The zero-order valence-electron chi connectivity index (χ0n) is 11.0. The first kappa shape index (κ1) is 12.2.